The number of ether oxygens (including phenoxy) is 1. The third-order valence-corrected chi connectivity index (χ3v) is 4.28. The van der Waals surface area contributed by atoms with E-state index in [2.05, 4.69) is 10.3 Å². The summed E-state index contributed by atoms with van der Waals surface area (Å²) in [5, 5.41) is 3.18. The highest BCUT2D eigenvalue weighted by Crippen LogP contribution is 2.20. The van der Waals surface area contributed by atoms with Crippen LogP contribution >= 0.6 is 0 Å². The van der Waals surface area contributed by atoms with E-state index in [1.165, 1.54) is 0 Å². The lowest BCUT2D eigenvalue weighted by Gasteiger charge is -2.17. The van der Waals surface area contributed by atoms with Crippen LogP contribution in [-0.2, 0) is 6.61 Å². The lowest BCUT2D eigenvalue weighted by Crippen LogP contribution is -2.30. The van der Waals surface area contributed by atoms with Crippen molar-refractivity contribution in [1.82, 2.24) is 15.2 Å². The Labute approximate surface area is 142 Å². The molecule has 1 saturated heterocycles. The van der Waals surface area contributed by atoms with Gasteiger partial charge in [-0.25, -0.2) is 0 Å². The molecular weight excluding hydrogens is 302 g/mol. The zero-order valence-electron chi connectivity index (χ0n) is 13.9. The zero-order chi connectivity index (χ0) is 16.8. The van der Waals surface area contributed by atoms with E-state index in [9.17, 15) is 4.79 Å². The molecule has 1 fully saturated rings. The number of amides is 1. The lowest BCUT2D eigenvalue weighted by molar-refractivity contribution is 0.0787. The van der Waals surface area contributed by atoms with E-state index in [1.807, 2.05) is 54.4 Å². The predicted octanol–water partition coefficient (Wildman–Crippen LogP) is 2.34. The molecule has 1 aliphatic rings. The highest BCUT2D eigenvalue weighted by atomic mass is 16.5. The largest absolute Gasteiger partial charge is 0.487 e. The summed E-state index contributed by atoms with van der Waals surface area (Å²) in [6.45, 7) is 3.05. The van der Waals surface area contributed by atoms with Gasteiger partial charge in [0.05, 0.1) is 5.69 Å². The van der Waals surface area contributed by atoms with Gasteiger partial charge in [0.2, 0.25) is 0 Å². The molecule has 24 heavy (non-hydrogen) atoms. The molecular formula is C19H23N3O2. The summed E-state index contributed by atoms with van der Waals surface area (Å²) >= 11 is 0. The third kappa shape index (κ3) is 4.11. The Kier molecular flexibility index (Phi) is 5.43. The van der Waals surface area contributed by atoms with Crippen molar-refractivity contribution in [3.63, 3.8) is 0 Å². The number of hydrogen-bond donors (Lipinski definition) is 1. The van der Waals surface area contributed by atoms with E-state index in [0.717, 1.165) is 37.5 Å². The molecule has 1 aromatic carbocycles. The first-order valence-corrected chi connectivity index (χ1v) is 8.33. The second-order valence-electron chi connectivity index (χ2n) is 6.10. The van der Waals surface area contributed by atoms with E-state index in [-0.39, 0.29) is 5.91 Å². The number of aromatic nitrogens is 1. The molecule has 0 bridgehead atoms. The molecule has 5 heteroatoms. The number of likely N-dealkylation sites (tertiary alicyclic amines) is 1. The number of hydrogen-bond acceptors (Lipinski definition) is 4. The van der Waals surface area contributed by atoms with Gasteiger partial charge in [0.1, 0.15) is 12.4 Å². The SMILES string of the molecule is CNCC1CCN(C(=O)c2ccc(OCc3ccccn3)cc2)C1. The number of benzene rings is 1. The third-order valence-electron chi connectivity index (χ3n) is 4.28. The average Bonchev–Trinajstić information content (AvgIpc) is 3.10. The van der Waals surface area contributed by atoms with Gasteiger partial charge in [0.25, 0.3) is 5.91 Å². The van der Waals surface area contributed by atoms with Gasteiger partial charge < -0.3 is 15.0 Å². The minimum atomic E-state index is 0.102. The molecule has 3 rings (SSSR count). The maximum absolute atomic E-state index is 12.5. The Bertz CT molecular complexity index is 658. The van der Waals surface area contributed by atoms with Crippen LogP contribution in [-0.4, -0.2) is 42.5 Å². The van der Waals surface area contributed by atoms with Gasteiger partial charge in [-0.2, -0.15) is 0 Å². The number of carbonyl (C=O) groups excluding carboxylic acids is 1. The summed E-state index contributed by atoms with van der Waals surface area (Å²) < 4.78 is 5.71. The molecule has 0 radical (unpaired) electrons. The second kappa shape index (κ2) is 7.93. The van der Waals surface area contributed by atoms with Gasteiger partial charge in [-0.3, -0.25) is 9.78 Å². The smallest absolute Gasteiger partial charge is 0.253 e. The van der Waals surface area contributed by atoms with Crippen LogP contribution in [0.2, 0.25) is 0 Å². The van der Waals surface area contributed by atoms with Gasteiger partial charge in [0, 0.05) is 24.8 Å². The van der Waals surface area contributed by atoms with E-state index in [0.29, 0.717) is 18.1 Å². The van der Waals surface area contributed by atoms with Gasteiger partial charge in [-0.1, -0.05) is 6.07 Å². The summed E-state index contributed by atoms with van der Waals surface area (Å²) in [5.74, 6) is 1.40. The standard InChI is InChI=1S/C19H23N3O2/c1-20-12-15-9-11-22(13-15)19(23)16-5-7-18(8-6-16)24-14-17-4-2-3-10-21-17/h2-8,10,15,20H,9,11-14H2,1H3. The van der Waals surface area contributed by atoms with Crippen LogP contribution in [0.5, 0.6) is 5.75 Å². The van der Waals surface area contributed by atoms with Crippen LogP contribution in [0.25, 0.3) is 0 Å². The van der Waals surface area contributed by atoms with Crippen molar-refractivity contribution in [1.29, 1.82) is 0 Å². The number of carbonyl (C=O) groups is 1. The Balaban J connectivity index is 1.55. The van der Waals surface area contributed by atoms with E-state index in [1.54, 1.807) is 6.20 Å². The van der Waals surface area contributed by atoms with Gasteiger partial charge in [-0.15, -0.1) is 0 Å². The van der Waals surface area contributed by atoms with E-state index in [4.69, 9.17) is 4.74 Å². The normalized spacial score (nSPS) is 17.0. The molecule has 1 atom stereocenters. The van der Waals surface area contributed by atoms with Crippen LogP contribution < -0.4 is 10.1 Å². The van der Waals surface area contributed by atoms with Crippen LogP contribution in [0.3, 0.4) is 0 Å². The topological polar surface area (TPSA) is 54.5 Å². The average molecular weight is 325 g/mol. The minimum absolute atomic E-state index is 0.102. The number of rotatable bonds is 6. The van der Waals surface area contributed by atoms with Crippen LogP contribution in [0.15, 0.2) is 48.7 Å². The molecule has 1 unspecified atom stereocenters. The van der Waals surface area contributed by atoms with Gasteiger partial charge in [-0.05, 0) is 62.3 Å². The fourth-order valence-corrected chi connectivity index (χ4v) is 2.99. The Hall–Kier alpha value is -2.40. The van der Waals surface area contributed by atoms with Gasteiger partial charge >= 0.3 is 0 Å². The molecule has 126 valence electrons. The van der Waals surface area contributed by atoms with Crippen LogP contribution in [0.4, 0.5) is 0 Å². The summed E-state index contributed by atoms with van der Waals surface area (Å²) in [4.78, 5) is 18.7. The Morgan fingerprint density at radius 2 is 2.12 bits per heavy atom. The Morgan fingerprint density at radius 1 is 1.29 bits per heavy atom. The highest BCUT2D eigenvalue weighted by Gasteiger charge is 2.26. The fraction of sp³-hybridized carbons (Fsp3) is 0.368. The number of pyridine rings is 1. The van der Waals surface area contributed by atoms with Crippen LogP contribution in [0, 0.1) is 5.92 Å². The first-order chi connectivity index (χ1) is 11.8. The van der Waals surface area contributed by atoms with Crippen molar-refractivity contribution in [3.8, 4) is 5.75 Å². The maximum atomic E-state index is 12.5. The molecule has 0 saturated carbocycles. The first kappa shape index (κ1) is 16.5. The maximum Gasteiger partial charge on any atom is 0.253 e. The van der Waals surface area contributed by atoms with E-state index < -0.39 is 0 Å². The number of nitrogens with zero attached hydrogens (tertiary/aromatic N) is 2. The molecule has 1 aliphatic heterocycles. The van der Waals surface area contributed by atoms with Crippen molar-refractivity contribution >= 4 is 5.91 Å². The molecule has 0 aliphatic carbocycles. The first-order valence-electron chi connectivity index (χ1n) is 8.33. The van der Waals surface area contributed by atoms with Crippen molar-refractivity contribution < 1.29 is 9.53 Å². The zero-order valence-corrected chi connectivity index (χ0v) is 13.9. The summed E-state index contributed by atoms with van der Waals surface area (Å²) in [5.41, 5.74) is 1.59. The fourth-order valence-electron chi connectivity index (χ4n) is 2.99. The summed E-state index contributed by atoms with van der Waals surface area (Å²) in [7, 11) is 1.95. The predicted molar refractivity (Wildman–Crippen MR) is 92.9 cm³/mol. The van der Waals surface area contributed by atoms with Crippen molar-refractivity contribution in [3.05, 3.63) is 59.9 Å². The molecule has 5 nitrogen and oxygen atoms in total. The molecule has 1 N–H and O–H groups in total. The molecule has 1 aromatic heterocycles. The van der Waals surface area contributed by atoms with Gasteiger partial charge in [0.15, 0.2) is 0 Å². The molecule has 1 amide bonds. The quantitative estimate of drug-likeness (QED) is 0.886. The minimum Gasteiger partial charge on any atom is -0.487 e. The summed E-state index contributed by atoms with van der Waals surface area (Å²) in [6.07, 6.45) is 2.82. The molecule has 2 aromatic rings. The highest BCUT2D eigenvalue weighted by molar-refractivity contribution is 5.94. The lowest BCUT2D eigenvalue weighted by atomic mass is 10.1. The Morgan fingerprint density at radius 3 is 2.83 bits per heavy atom. The molecule has 0 spiro atoms. The monoisotopic (exact) mass is 325 g/mol. The number of nitrogens with one attached hydrogen (secondary N) is 1. The van der Waals surface area contributed by atoms with Crippen molar-refractivity contribution in [2.24, 2.45) is 5.92 Å². The molecule has 2 heterocycles. The van der Waals surface area contributed by atoms with Crippen molar-refractivity contribution in [2.75, 3.05) is 26.7 Å². The van der Waals surface area contributed by atoms with Crippen molar-refractivity contribution in [2.45, 2.75) is 13.0 Å². The van der Waals surface area contributed by atoms with Crippen LogP contribution in [0.1, 0.15) is 22.5 Å². The second-order valence-corrected chi connectivity index (χ2v) is 6.10. The summed E-state index contributed by atoms with van der Waals surface area (Å²) in [6, 6.07) is 13.1. The van der Waals surface area contributed by atoms with E-state index >= 15 is 0 Å².